The molecule has 2 N–H and O–H groups in total. The Bertz CT molecular complexity index is 582. The lowest BCUT2D eigenvalue weighted by molar-refractivity contribution is -0.142. The molecular formula is C13H20F3N3O2P2. The highest BCUT2D eigenvalue weighted by molar-refractivity contribution is 7.51. The fourth-order valence-electron chi connectivity index (χ4n) is 2.42. The number of alkyl halides is 3. The topological polar surface area (TPSA) is 67.0 Å². The molecule has 1 aromatic rings. The number of amides is 1. The zero-order valence-electron chi connectivity index (χ0n) is 13.0. The number of aromatic nitrogens is 2. The third kappa shape index (κ3) is 5.05. The van der Waals surface area contributed by atoms with Gasteiger partial charge in [-0.05, 0) is 13.8 Å². The summed E-state index contributed by atoms with van der Waals surface area (Å²) in [6.07, 6.45) is -2.49. The van der Waals surface area contributed by atoms with Crippen molar-refractivity contribution < 1.29 is 22.7 Å². The number of aromatic amines is 1. The first kappa shape index (κ1) is 18.5. The summed E-state index contributed by atoms with van der Waals surface area (Å²) in [5, 5.41) is 7.82. The number of hydrogen-bond donors (Lipinski definition) is 2. The van der Waals surface area contributed by atoms with E-state index in [4.69, 9.17) is 4.74 Å². The van der Waals surface area contributed by atoms with Gasteiger partial charge in [-0.2, -0.15) is 5.10 Å². The summed E-state index contributed by atoms with van der Waals surface area (Å²) in [4.78, 5) is 11.7. The molecule has 0 aromatic carbocycles. The molecule has 1 aromatic heterocycles. The van der Waals surface area contributed by atoms with Crippen molar-refractivity contribution in [1.29, 1.82) is 0 Å². The molecule has 23 heavy (non-hydrogen) atoms. The molecule has 1 aliphatic rings. The summed E-state index contributed by atoms with van der Waals surface area (Å²) >= 11 is 0. The van der Waals surface area contributed by atoms with Gasteiger partial charge in [0.25, 0.3) is 5.92 Å². The molecule has 0 aliphatic heterocycles. The van der Waals surface area contributed by atoms with Gasteiger partial charge in [-0.25, -0.2) is 18.0 Å². The maximum atomic E-state index is 13.7. The molecule has 2 rings (SSSR count). The Kier molecular flexibility index (Phi) is 5.27. The fraction of sp³-hybridized carbons (Fsp3) is 0.692. The molecule has 1 aliphatic carbocycles. The molecule has 0 saturated heterocycles. The van der Waals surface area contributed by atoms with Crippen molar-refractivity contribution in [3.05, 3.63) is 11.3 Å². The van der Waals surface area contributed by atoms with Gasteiger partial charge in [-0.15, -0.1) is 0 Å². The second kappa shape index (κ2) is 6.56. The van der Waals surface area contributed by atoms with E-state index in [1.165, 1.54) is 6.92 Å². The second-order valence-electron chi connectivity index (χ2n) is 5.97. The van der Waals surface area contributed by atoms with E-state index in [2.05, 4.69) is 24.8 Å². The van der Waals surface area contributed by atoms with Crippen LogP contribution in [-0.4, -0.2) is 33.5 Å². The van der Waals surface area contributed by atoms with Gasteiger partial charge in [0.15, 0.2) is 5.82 Å². The minimum absolute atomic E-state index is 0.00488. The van der Waals surface area contributed by atoms with Crippen molar-refractivity contribution in [3.8, 4) is 0 Å². The van der Waals surface area contributed by atoms with Crippen molar-refractivity contribution in [2.45, 2.75) is 56.4 Å². The molecule has 1 saturated carbocycles. The Labute approximate surface area is 136 Å². The Morgan fingerprint density at radius 3 is 2.74 bits per heavy atom. The van der Waals surface area contributed by atoms with Crippen LogP contribution < -0.4 is 5.32 Å². The van der Waals surface area contributed by atoms with Gasteiger partial charge in [0, 0.05) is 29.8 Å². The van der Waals surface area contributed by atoms with Crippen LogP contribution in [0.2, 0.25) is 0 Å². The maximum Gasteiger partial charge on any atom is 0.413 e. The smallest absolute Gasteiger partial charge is 0.413 e. The number of carbonyl (C=O) groups is 1. The zero-order chi connectivity index (χ0) is 17.4. The molecule has 4 unspecified atom stereocenters. The Morgan fingerprint density at radius 2 is 2.22 bits per heavy atom. The number of rotatable bonds is 5. The van der Waals surface area contributed by atoms with Crippen LogP contribution >= 0.6 is 17.8 Å². The first-order chi connectivity index (χ1) is 10.5. The molecule has 4 atom stereocenters. The fourth-order valence-corrected chi connectivity index (χ4v) is 4.44. The van der Waals surface area contributed by atoms with Crippen LogP contribution in [0.4, 0.5) is 23.8 Å². The van der Waals surface area contributed by atoms with Gasteiger partial charge in [0.1, 0.15) is 11.3 Å². The van der Waals surface area contributed by atoms with E-state index in [1.54, 1.807) is 6.92 Å². The van der Waals surface area contributed by atoms with Crippen LogP contribution in [0.5, 0.6) is 0 Å². The number of nitrogens with one attached hydrogen (secondary N) is 2. The predicted octanol–water partition coefficient (Wildman–Crippen LogP) is 4.32. The van der Waals surface area contributed by atoms with Gasteiger partial charge in [0.05, 0.1) is 0 Å². The van der Waals surface area contributed by atoms with Crippen LogP contribution in [0.1, 0.15) is 43.6 Å². The maximum absolute atomic E-state index is 13.7. The van der Waals surface area contributed by atoms with E-state index in [1.807, 2.05) is 6.92 Å². The monoisotopic (exact) mass is 369 g/mol. The minimum atomic E-state index is -2.74. The highest BCUT2D eigenvalue weighted by atomic mass is 31.1. The van der Waals surface area contributed by atoms with Crippen molar-refractivity contribution in [2.75, 3.05) is 5.32 Å². The third-order valence-corrected chi connectivity index (χ3v) is 5.31. The molecule has 1 heterocycles. The average Bonchev–Trinajstić information content (AvgIpc) is 2.66. The molecule has 0 radical (unpaired) electrons. The second-order valence-corrected chi connectivity index (χ2v) is 9.76. The molecule has 5 nitrogen and oxygen atoms in total. The first-order valence-corrected chi connectivity index (χ1v) is 8.78. The molecule has 1 fully saturated rings. The number of carbonyl (C=O) groups excluding carboxylic acids is 1. The summed E-state index contributed by atoms with van der Waals surface area (Å²) in [6, 6.07) is 0. The summed E-state index contributed by atoms with van der Waals surface area (Å²) in [5.74, 6) is -2.48. The first-order valence-electron chi connectivity index (χ1n) is 7.13. The molecule has 1 amide bonds. The minimum Gasteiger partial charge on any atom is -0.445 e. The van der Waals surface area contributed by atoms with E-state index in [0.29, 0.717) is 5.56 Å². The summed E-state index contributed by atoms with van der Waals surface area (Å²) in [6.45, 7) is 5.08. The highest BCUT2D eigenvalue weighted by Crippen LogP contribution is 2.49. The van der Waals surface area contributed by atoms with E-state index >= 15 is 0 Å². The van der Waals surface area contributed by atoms with Gasteiger partial charge in [0.2, 0.25) is 0 Å². The van der Waals surface area contributed by atoms with E-state index < -0.39 is 36.1 Å². The Morgan fingerprint density at radius 1 is 1.61 bits per heavy atom. The van der Waals surface area contributed by atoms with Crippen LogP contribution in [-0.2, 0) is 4.74 Å². The summed E-state index contributed by atoms with van der Waals surface area (Å²) < 4.78 is 44.0. The lowest BCUT2D eigenvalue weighted by Gasteiger charge is -2.33. The van der Waals surface area contributed by atoms with Gasteiger partial charge in [-0.3, -0.25) is 10.4 Å². The van der Waals surface area contributed by atoms with E-state index in [0.717, 1.165) is 5.69 Å². The number of ether oxygens (including phenoxy) is 1. The molecule has 0 bridgehead atoms. The van der Waals surface area contributed by atoms with E-state index in [-0.39, 0.29) is 20.1 Å². The number of halogens is 3. The van der Waals surface area contributed by atoms with Gasteiger partial charge < -0.3 is 4.74 Å². The Hall–Kier alpha value is -0.870. The van der Waals surface area contributed by atoms with Crippen molar-refractivity contribution >= 4 is 29.7 Å². The molecule has 130 valence electrons. The standard InChI is InChI=1S/C13H20F3N3O2P2/c1-6-9(7(2)23-12(3,14)22)18-19-10(6)17-11(20)21-8-4-13(15,16)5-8/h7-8,23H,4-5,22H2,1-3H3,(H2,17,18,19,20). The third-order valence-electron chi connectivity index (χ3n) is 3.53. The molecule has 10 heteroatoms. The van der Waals surface area contributed by atoms with Crippen LogP contribution in [0, 0.1) is 6.92 Å². The van der Waals surface area contributed by atoms with Gasteiger partial charge in [-0.1, -0.05) is 24.7 Å². The SMILES string of the molecule is Cc1c(NC(=O)OC2CC(F)(F)C2)n[nH]c1C(C)PC(C)(F)P. The number of anilines is 1. The highest BCUT2D eigenvalue weighted by Gasteiger charge is 2.47. The van der Waals surface area contributed by atoms with Crippen molar-refractivity contribution in [2.24, 2.45) is 0 Å². The average molecular weight is 369 g/mol. The molecule has 0 spiro atoms. The largest absolute Gasteiger partial charge is 0.445 e. The number of nitrogens with zero attached hydrogens (tertiary/aromatic N) is 1. The Balaban J connectivity index is 1.93. The zero-order valence-corrected chi connectivity index (χ0v) is 15.2. The lowest BCUT2D eigenvalue weighted by atomic mass is 9.91. The van der Waals surface area contributed by atoms with Crippen LogP contribution in [0.25, 0.3) is 0 Å². The van der Waals surface area contributed by atoms with Crippen molar-refractivity contribution in [3.63, 3.8) is 0 Å². The lowest BCUT2D eigenvalue weighted by Crippen LogP contribution is -2.43. The quantitative estimate of drug-likeness (QED) is 0.760. The summed E-state index contributed by atoms with van der Waals surface area (Å²) in [7, 11) is 2.15. The summed E-state index contributed by atoms with van der Waals surface area (Å²) in [5.41, 5.74) is 1.29. The van der Waals surface area contributed by atoms with E-state index in [9.17, 15) is 18.0 Å². The normalized spacial score (nSPS) is 21.7. The van der Waals surface area contributed by atoms with Crippen LogP contribution in [0.15, 0.2) is 0 Å². The number of hydrogen-bond acceptors (Lipinski definition) is 3. The van der Waals surface area contributed by atoms with Gasteiger partial charge >= 0.3 is 6.09 Å². The predicted molar refractivity (Wildman–Crippen MR) is 87.4 cm³/mol. The van der Waals surface area contributed by atoms with Crippen LogP contribution in [0.3, 0.4) is 0 Å². The molecular weight excluding hydrogens is 349 g/mol. The number of H-pyrrole nitrogens is 1. The van der Waals surface area contributed by atoms with Crippen molar-refractivity contribution in [1.82, 2.24) is 10.2 Å².